The SMILES string of the molecule is CCNC(=O)N(Cc1ccccc1)Cc1ccc(OS(C)(=O)=O)cc1. The van der Waals surface area contributed by atoms with Gasteiger partial charge in [0.1, 0.15) is 5.75 Å². The molecular weight excluding hydrogens is 340 g/mol. The summed E-state index contributed by atoms with van der Waals surface area (Å²) in [4.78, 5) is 14.0. The second-order valence-electron chi connectivity index (χ2n) is 5.61. The Labute approximate surface area is 148 Å². The van der Waals surface area contributed by atoms with Crippen LogP contribution in [-0.4, -0.2) is 32.1 Å². The summed E-state index contributed by atoms with van der Waals surface area (Å²) in [6, 6.07) is 16.2. The summed E-state index contributed by atoms with van der Waals surface area (Å²) in [5.74, 6) is 0.249. The van der Waals surface area contributed by atoms with Crippen LogP contribution in [0.3, 0.4) is 0 Å². The van der Waals surface area contributed by atoms with Crippen molar-refractivity contribution in [1.29, 1.82) is 0 Å². The van der Waals surface area contributed by atoms with Crippen LogP contribution in [0.4, 0.5) is 4.79 Å². The fourth-order valence-electron chi connectivity index (χ4n) is 2.31. The predicted molar refractivity (Wildman–Crippen MR) is 96.7 cm³/mol. The third-order valence-electron chi connectivity index (χ3n) is 3.38. The van der Waals surface area contributed by atoms with Gasteiger partial charge in [-0.25, -0.2) is 4.79 Å². The number of benzene rings is 2. The number of nitrogens with one attached hydrogen (secondary N) is 1. The second kappa shape index (κ2) is 8.53. The zero-order valence-corrected chi connectivity index (χ0v) is 15.1. The lowest BCUT2D eigenvalue weighted by Gasteiger charge is -2.23. The van der Waals surface area contributed by atoms with Crippen LogP contribution in [0.25, 0.3) is 0 Å². The van der Waals surface area contributed by atoms with Crippen molar-refractivity contribution in [2.24, 2.45) is 0 Å². The smallest absolute Gasteiger partial charge is 0.317 e. The molecular formula is C18H22N2O4S. The van der Waals surface area contributed by atoms with Gasteiger partial charge in [-0.1, -0.05) is 42.5 Å². The molecule has 0 fully saturated rings. The van der Waals surface area contributed by atoms with E-state index in [2.05, 4.69) is 5.32 Å². The number of amides is 2. The fourth-order valence-corrected chi connectivity index (χ4v) is 2.77. The van der Waals surface area contributed by atoms with Gasteiger partial charge in [0.05, 0.1) is 6.26 Å². The van der Waals surface area contributed by atoms with Crippen molar-refractivity contribution in [2.45, 2.75) is 20.0 Å². The lowest BCUT2D eigenvalue weighted by Crippen LogP contribution is -2.38. The van der Waals surface area contributed by atoms with Crippen molar-refractivity contribution < 1.29 is 17.4 Å². The van der Waals surface area contributed by atoms with Crippen LogP contribution < -0.4 is 9.50 Å². The van der Waals surface area contributed by atoms with Crippen LogP contribution in [-0.2, 0) is 23.2 Å². The van der Waals surface area contributed by atoms with Crippen LogP contribution >= 0.6 is 0 Å². The van der Waals surface area contributed by atoms with Crippen LogP contribution in [0.2, 0.25) is 0 Å². The number of carbonyl (C=O) groups excluding carboxylic acids is 1. The van der Waals surface area contributed by atoms with E-state index in [1.807, 2.05) is 37.3 Å². The molecule has 25 heavy (non-hydrogen) atoms. The molecule has 0 heterocycles. The Hall–Kier alpha value is -2.54. The number of rotatable bonds is 7. The minimum absolute atomic E-state index is 0.150. The van der Waals surface area contributed by atoms with Gasteiger partial charge in [0, 0.05) is 19.6 Å². The summed E-state index contributed by atoms with van der Waals surface area (Å²) >= 11 is 0. The highest BCUT2D eigenvalue weighted by Crippen LogP contribution is 2.16. The highest BCUT2D eigenvalue weighted by molar-refractivity contribution is 7.86. The molecule has 0 aromatic heterocycles. The summed E-state index contributed by atoms with van der Waals surface area (Å²) in [6.07, 6.45) is 0.998. The van der Waals surface area contributed by atoms with Gasteiger partial charge >= 0.3 is 16.1 Å². The minimum atomic E-state index is -3.55. The van der Waals surface area contributed by atoms with Crippen molar-refractivity contribution in [3.8, 4) is 5.75 Å². The Bertz CT molecular complexity index is 790. The number of nitrogens with zero attached hydrogens (tertiary/aromatic N) is 1. The molecule has 2 aromatic carbocycles. The van der Waals surface area contributed by atoms with E-state index in [1.54, 1.807) is 29.2 Å². The summed E-state index contributed by atoms with van der Waals surface area (Å²) in [6.45, 7) is 3.30. The van der Waals surface area contributed by atoms with E-state index >= 15 is 0 Å². The first-order chi connectivity index (χ1) is 11.9. The highest BCUT2D eigenvalue weighted by Gasteiger charge is 2.14. The van der Waals surface area contributed by atoms with E-state index in [1.165, 1.54) is 0 Å². The maximum atomic E-state index is 12.3. The molecule has 0 unspecified atom stereocenters. The largest absolute Gasteiger partial charge is 0.383 e. The maximum absolute atomic E-state index is 12.3. The van der Waals surface area contributed by atoms with Gasteiger partial charge in [-0.15, -0.1) is 0 Å². The van der Waals surface area contributed by atoms with Gasteiger partial charge in [-0.05, 0) is 30.2 Å². The van der Waals surface area contributed by atoms with Crippen LogP contribution in [0.1, 0.15) is 18.1 Å². The van der Waals surface area contributed by atoms with E-state index in [0.29, 0.717) is 19.6 Å². The lowest BCUT2D eigenvalue weighted by molar-refractivity contribution is 0.193. The number of hydrogen-bond acceptors (Lipinski definition) is 4. The van der Waals surface area contributed by atoms with Crippen LogP contribution in [0.15, 0.2) is 54.6 Å². The quantitative estimate of drug-likeness (QED) is 0.769. The third-order valence-corrected chi connectivity index (χ3v) is 3.87. The van der Waals surface area contributed by atoms with Gasteiger partial charge in [0.25, 0.3) is 0 Å². The zero-order valence-electron chi connectivity index (χ0n) is 14.3. The Kier molecular flexibility index (Phi) is 6.41. The molecule has 0 bridgehead atoms. The molecule has 0 aliphatic rings. The van der Waals surface area contributed by atoms with Crippen molar-refractivity contribution in [3.63, 3.8) is 0 Å². The summed E-state index contributed by atoms with van der Waals surface area (Å²) in [5.41, 5.74) is 1.91. The standard InChI is InChI=1S/C18H22N2O4S/c1-3-19-18(21)20(13-15-7-5-4-6-8-15)14-16-9-11-17(12-10-16)24-25(2,22)23/h4-12H,3,13-14H2,1-2H3,(H,19,21). The Balaban J connectivity index is 2.11. The monoisotopic (exact) mass is 362 g/mol. The molecule has 0 atom stereocenters. The normalized spacial score (nSPS) is 11.0. The first-order valence-electron chi connectivity index (χ1n) is 7.92. The average Bonchev–Trinajstić information content (AvgIpc) is 2.56. The molecule has 0 spiro atoms. The highest BCUT2D eigenvalue weighted by atomic mass is 32.2. The molecule has 2 aromatic rings. The number of carbonyl (C=O) groups is 1. The molecule has 1 N–H and O–H groups in total. The molecule has 7 heteroatoms. The molecule has 0 saturated heterocycles. The number of hydrogen-bond donors (Lipinski definition) is 1. The Morgan fingerprint density at radius 1 is 1.00 bits per heavy atom. The summed E-state index contributed by atoms with van der Waals surface area (Å²) in [5, 5.41) is 2.81. The van der Waals surface area contributed by atoms with E-state index in [4.69, 9.17) is 4.18 Å². The van der Waals surface area contributed by atoms with Crippen molar-refractivity contribution >= 4 is 16.1 Å². The average molecular weight is 362 g/mol. The maximum Gasteiger partial charge on any atom is 0.317 e. The Morgan fingerprint density at radius 3 is 2.08 bits per heavy atom. The number of urea groups is 1. The van der Waals surface area contributed by atoms with Crippen molar-refractivity contribution in [2.75, 3.05) is 12.8 Å². The van der Waals surface area contributed by atoms with Gasteiger partial charge in [0.2, 0.25) is 0 Å². The van der Waals surface area contributed by atoms with Crippen molar-refractivity contribution in [1.82, 2.24) is 10.2 Å². The molecule has 134 valence electrons. The third kappa shape index (κ3) is 6.46. The molecule has 0 saturated carbocycles. The Morgan fingerprint density at radius 2 is 1.56 bits per heavy atom. The van der Waals surface area contributed by atoms with E-state index < -0.39 is 10.1 Å². The van der Waals surface area contributed by atoms with Gasteiger partial charge in [-0.3, -0.25) is 0 Å². The van der Waals surface area contributed by atoms with Gasteiger partial charge in [0.15, 0.2) is 0 Å². The lowest BCUT2D eigenvalue weighted by atomic mass is 10.1. The summed E-state index contributed by atoms with van der Waals surface area (Å²) in [7, 11) is -3.55. The molecule has 2 amide bonds. The fraction of sp³-hybridized carbons (Fsp3) is 0.278. The predicted octanol–water partition coefficient (Wildman–Crippen LogP) is 2.76. The van der Waals surface area contributed by atoms with E-state index in [-0.39, 0.29) is 11.8 Å². The summed E-state index contributed by atoms with van der Waals surface area (Å²) < 4.78 is 27.1. The molecule has 0 aliphatic heterocycles. The topological polar surface area (TPSA) is 75.7 Å². The van der Waals surface area contributed by atoms with Gasteiger partial charge < -0.3 is 14.4 Å². The molecule has 0 radical (unpaired) electrons. The van der Waals surface area contributed by atoms with Gasteiger partial charge in [-0.2, -0.15) is 8.42 Å². The zero-order chi connectivity index (χ0) is 18.3. The first kappa shape index (κ1) is 18.8. The first-order valence-corrected chi connectivity index (χ1v) is 9.74. The minimum Gasteiger partial charge on any atom is -0.383 e. The van der Waals surface area contributed by atoms with E-state index in [9.17, 15) is 13.2 Å². The molecule has 6 nitrogen and oxygen atoms in total. The van der Waals surface area contributed by atoms with Crippen LogP contribution in [0.5, 0.6) is 5.75 Å². The van der Waals surface area contributed by atoms with Crippen molar-refractivity contribution in [3.05, 3.63) is 65.7 Å². The second-order valence-corrected chi connectivity index (χ2v) is 7.18. The van der Waals surface area contributed by atoms with E-state index in [0.717, 1.165) is 17.4 Å². The molecule has 0 aliphatic carbocycles. The van der Waals surface area contributed by atoms with Crippen LogP contribution in [0, 0.1) is 0 Å². The molecule has 2 rings (SSSR count).